The molecule has 3 rings (SSSR count). The number of methoxy groups -OCH3 is 1. The number of Topliss-reactive ketones (excluding diaryl/α,β-unsaturated/α-hetero) is 1. The molecule has 8 heteroatoms. The minimum atomic E-state index is -0.0605. The molecule has 0 radical (unpaired) electrons. The van der Waals surface area contributed by atoms with Crippen LogP contribution >= 0.6 is 23.4 Å². The molecule has 1 heterocycles. The Labute approximate surface area is 178 Å². The van der Waals surface area contributed by atoms with E-state index in [1.54, 1.807) is 38.3 Å². The summed E-state index contributed by atoms with van der Waals surface area (Å²) in [5, 5.41) is 4.14. The Morgan fingerprint density at radius 1 is 1.21 bits per heavy atom. The second-order valence-electron chi connectivity index (χ2n) is 6.36. The molecule has 0 saturated heterocycles. The Hall–Kier alpha value is -2.35. The van der Waals surface area contributed by atoms with Crippen molar-refractivity contribution < 1.29 is 14.3 Å². The summed E-state index contributed by atoms with van der Waals surface area (Å²) in [4.78, 5) is 28.7. The number of ether oxygens (including phenoxy) is 1. The second kappa shape index (κ2) is 9.91. The minimum absolute atomic E-state index is 0.00764. The van der Waals surface area contributed by atoms with Crippen LogP contribution < -0.4 is 5.32 Å². The van der Waals surface area contributed by atoms with Gasteiger partial charge in [0, 0.05) is 36.3 Å². The summed E-state index contributed by atoms with van der Waals surface area (Å²) < 4.78 is 7.24. The third-order valence-electron chi connectivity index (χ3n) is 4.34. The molecule has 0 atom stereocenters. The lowest BCUT2D eigenvalue weighted by atomic mass is 10.1. The van der Waals surface area contributed by atoms with Crippen LogP contribution in [0.2, 0.25) is 5.02 Å². The Morgan fingerprint density at radius 2 is 1.97 bits per heavy atom. The summed E-state index contributed by atoms with van der Waals surface area (Å²) in [5.41, 5.74) is 3.02. The number of ketones is 1. The summed E-state index contributed by atoms with van der Waals surface area (Å²) in [6.07, 6.45) is 0.409. The number of rotatable bonds is 9. The summed E-state index contributed by atoms with van der Waals surface area (Å²) in [5.74, 6) is 0.187. The maximum Gasteiger partial charge on any atom is 0.224 e. The highest BCUT2D eigenvalue weighted by atomic mass is 35.5. The van der Waals surface area contributed by atoms with E-state index in [2.05, 4.69) is 10.3 Å². The molecule has 0 aliphatic carbocycles. The van der Waals surface area contributed by atoms with Crippen LogP contribution in [-0.2, 0) is 16.1 Å². The molecule has 0 saturated carbocycles. The van der Waals surface area contributed by atoms with Crippen molar-refractivity contribution in [3.63, 3.8) is 0 Å². The molecule has 29 heavy (non-hydrogen) atoms. The van der Waals surface area contributed by atoms with Gasteiger partial charge in [-0.1, -0.05) is 30.3 Å². The summed E-state index contributed by atoms with van der Waals surface area (Å²) in [6.45, 7) is 2.97. The molecule has 152 valence electrons. The number of halogens is 1. The van der Waals surface area contributed by atoms with Crippen LogP contribution in [0.4, 0.5) is 5.69 Å². The zero-order valence-corrected chi connectivity index (χ0v) is 17.8. The number of nitrogens with one attached hydrogen (secondary N) is 1. The largest absolute Gasteiger partial charge is 0.383 e. The molecule has 0 aliphatic rings. The first kappa shape index (κ1) is 21.4. The number of carbonyl (C=O) groups is 2. The van der Waals surface area contributed by atoms with E-state index < -0.39 is 0 Å². The molecule has 2 aromatic carbocycles. The zero-order chi connectivity index (χ0) is 20.8. The van der Waals surface area contributed by atoms with Crippen molar-refractivity contribution in [3.05, 3.63) is 53.1 Å². The number of imidazole rings is 1. The predicted octanol–water partition coefficient (Wildman–Crippen LogP) is 4.66. The van der Waals surface area contributed by atoms with Crippen molar-refractivity contribution in [2.75, 3.05) is 24.8 Å². The normalized spacial score (nSPS) is 11.0. The van der Waals surface area contributed by atoms with Crippen molar-refractivity contribution in [2.24, 2.45) is 0 Å². The summed E-state index contributed by atoms with van der Waals surface area (Å²) in [7, 11) is 1.65. The van der Waals surface area contributed by atoms with E-state index in [-0.39, 0.29) is 17.4 Å². The maximum atomic E-state index is 12.6. The molecule has 0 aliphatic heterocycles. The van der Waals surface area contributed by atoms with Crippen molar-refractivity contribution in [2.45, 2.75) is 25.0 Å². The van der Waals surface area contributed by atoms with Gasteiger partial charge >= 0.3 is 0 Å². The molecule has 1 aromatic heterocycles. The average Bonchev–Trinajstić information content (AvgIpc) is 3.07. The maximum absolute atomic E-state index is 12.6. The van der Waals surface area contributed by atoms with Gasteiger partial charge in [0.25, 0.3) is 0 Å². The van der Waals surface area contributed by atoms with Crippen LogP contribution in [0.3, 0.4) is 0 Å². The van der Waals surface area contributed by atoms with Gasteiger partial charge in [0.05, 0.1) is 23.4 Å². The first-order valence-electron chi connectivity index (χ1n) is 9.22. The Morgan fingerprint density at radius 3 is 2.66 bits per heavy atom. The number of hydrogen-bond acceptors (Lipinski definition) is 5. The highest BCUT2D eigenvalue weighted by molar-refractivity contribution is 7.99. The Balaban J connectivity index is 1.72. The quantitative estimate of drug-likeness (QED) is 0.394. The zero-order valence-electron chi connectivity index (χ0n) is 16.3. The van der Waals surface area contributed by atoms with Gasteiger partial charge < -0.3 is 14.6 Å². The number of fused-ring (bicyclic) bond motifs is 1. The number of carbonyl (C=O) groups excluding carboxylic acids is 2. The van der Waals surface area contributed by atoms with Crippen molar-refractivity contribution in [1.82, 2.24) is 9.55 Å². The fourth-order valence-corrected chi connectivity index (χ4v) is 3.89. The third-order valence-corrected chi connectivity index (χ3v) is 5.55. The van der Waals surface area contributed by atoms with Gasteiger partial charge in [-0.25, -0.2) is 4.98 Å². The van der Waals surface area contributed by atoms with E-state index in [9.17, 15) is 9.59 Å². The fourth-order valence-electron chi connectivity index (χ4n) is 2.79. The van der Waals surface area contributed by atoms with Gasteiger partial charge in [-0.05, 0) is 42.5 Å². The van der Waals surface area contributed by atoms with Gasteiger partial charge in [-0.2, -0.15) is 0 Å². The van der Waals surface area contributed by atoms with Crippen LogP contribution in [-0.4, -0.2) is 40.7 Å². The molecule has 1 amide bonds. The molecule has 0 unspecified atom stereocenters. The number of hydrogen-bond donors (Lipinski definition) is 1. The number of nitrogens with zero attached hydrogens (tertiary/aromatic N) is 2. The van der Waals surface area contributed by atoms with Crippen molar-refractivity contribution >= 4 is 51.8 Å². The number of aromatic nitrogens is 2. The van der Waals surface area contributed by atoms with Gasteiger partial charge in [0.15, 0.2) is 10.9 Å². The van der Waals surface area contributed by atoms with Crippen LogP contribution in [0.15, 0.2) is 47.6 Å². The SMILES string of the molecule is CCC(=O)Nc1ccc(C(=O)CSc2nc3cc(Cl)ccc3n2CCOC)cc1. The molecule has 0 fully saturated rings. The van der Waals surface area contributed by atoms with Crippen molar-refractivity contribution in [1.29, 1.82) is 0 Å². The standard InChI is InChI=1S/C21H22ClN3O3S/c1-3-20(27)23-16-7-4-14(5-8-16)19(26)13-29-21-24-17-12-15(22)6-9-18(17)25(21)10-11-28-2/h4-9,12H,3,10-11,13H2,1-2H3,(H,23,27). The van der Waals surface area contributed by atoms with Gasteiger partial charge in [-0.3, -0.25) is 9.59 Å². The van der Waals surface area contributed by atoms with E-state index >= 15 is 0 Å². The molecular formula is C21H22ClN3O3S. The number of amides is 1. The lowest BCUT2D eigenvalue weighted by Gasteiger charge is -2.08. The Kier molecular flexibility index (Phi) is 7.30. The highest BCUT2D eigenvalue weighted by Crippen LogP contribution is 2.27. The smallest absolute Gasteiger partial charge is 0.224 e. The van der Waals surface area contributed by atoms with Crippen molar-refractivity contribution in [3.8, 4) is 0 Å². The number of anilines is 1. The summed E-state index contributed by atoms with van der Waals surface area (Å²) in [6, 6.07) is 12.5. The molecule has 6 nitrogen and oxygen atoms in total. The van der Waals surface area contributed by atoms with Crippen LogP contribution in [0.25, 0.3) is 11.0 Å². The van der Waals surface area contributed by atoms with E-state index in [1.165, 1.54) is 11.8 Å². The highest BCUT2D eigenvalue weighted by Gasteiger charge is 2.14. The minimum Gasteiger partial charge on any atom is -0.383 e. The molecular weight excluding hydrogens is 410 g/mol. The first-order chi connectivity index (χ1) is 14.0. The second-order valence-corrected chi connectivity index (χ2v) is 7.74. The van der Waals surface area contributed by atoms with E-state index in [4.69, 9.17) is 16.3 Å². The monoisotopic (exact) mass is 431 g/mol. The topological polar surface area (TPSA) is 73.2 Å². The molecule has 0 spiro atoms. The summed E-state index contributed by atoms with van der Waals surface area (Å²) >= 11 is 7.47. The van der Waals surface area contributed by atoms with Crippen LogP contribution in [0.5, 0.6) is 0 Å². The third kappa shape index (κ3) is 5.38. The fraction of sp³-hybridized carbons (Fsp3) is 0.286. The Bertz CT molecular complexity index is 1020. The molecule has 0 bridgehead atoms. The van der Waals surface area contributed by atoms with Gasteiger partial charge in [-0.15, -0.1) is 0 Å². The molecule has 3 aromatic rings. The first-order valence-corrected chi connectivity index (χ1v) is 10.6. The number of benzene rings is 2. The van der Waals surface area contributed by atoms with Crippen LogP contribution in [0.1, 0.15) is 23.7 Å². The molecule has 1 N–H and O–H groups in total. The lowest BCUT2D eigenvalue weighted by Crippen LogP contribution is -2.10. The van der Waals surface area contributed by atoms with E-state index in [1.807, 2.05) is 22.8 Å². The van der Waals surface area contributed by atoms with Crippen LogP contribution in [0, 0.1) is 0 Å². The van der Waals surface area contributed by atoms with E-state index in [0.717, 1.165) is 16.2 Å². The lowest BCUT2D eigenvalue weighted by molar-refractivity contribution is -0.115. The predicted molar refractivity (Wildman–Crippen MR) is 117 cm³/mol. The van der Waals surface area contributed by atoms with E-state index in [0.29, 0.717) is 35.8 Å². The van der Waals surface area contributed by atoms with Gasteiger partial charge in [0.1, 0.15) is 0 Å². The average molecular weight is 432 g/mol. The van der Waals surface area contributed by atoms with Gasteiger partial charge in [0.2, 0.25) is 5.91 Å². The number of thioether (sulfide) groups is 1.